The molecule has 0 bridgehead atoms. The van der Waals surface area contributed by atoms with Gasteiger partial charge in [0.15, 0.2) is 0 Å². The van der Waals surface area contributed by atoms with Gasteiger partial charge in [-0.3, -0.25) is 10.1 Å². The van der Waals surface area contributed by atoms with E-state index in [1.807, 2.05) is 36.1 Å². The van der Waals surface area contributed by atoms with E-state index in [0.717, 1.165) is 17.1 Å². The van der Waals surface area contributed by atoms with Crippen LogP contribution in [0, 0.1) is 5.92 Å². The Balaban J connectivity index is 1.83. The van der Waals surface area contributed by atoms with Crippen molar-refractivity contribution in [3.05, 3.63) is 34.9 Å². The zero-order chi connectivity index (χ0) is 12.7. The number of nitrogens with zero attached hydrogens (tertiary/aromatic N) is 1. The average Bonchev–Trinajstić information content (AvgIpc) is 3.13. The van der Waals surface area contributed by atoms with Crippen molar-refractivity contribution in [1.29, 1.82) is 0 Å². The molecule has 1 heterocycles. The molecular formula is C14H17ClN2O. The fourth-order valence-corrected chi connectivity index (χ4v) is 2.60. The third kappa shape index (κ3) is 2.25. The summed E-state index contributed by atoms with van der Waals surface area (Å²) in [6, 6.07) is 7.64. The molecule has 4 heteroatoms. The maximum atomic E-state index is 12.2. The van der Waals surface area contributed by atoms with E-state index >= 15 is 0 Å². The van der Waals surface area contributed by atoms with Gasteiger partial charge in [0, 0.05) is 11.6 Å². The minimum atomic E-state index is -0.0931. The summed E-state index contributed by atoms with van der Waals surface area (Å²) in [5, 5.41) is 4.08. The third-order valence-electron chi connectivity index (χ3n) is 3.71. The van der Waals surface area contributed by atoms with Crippen molar-refractivity contribution < 1.29 is 4.79 Å². The average molecular weight is 265 g/mol. The van der Waals surface area contributed by atoms with Crippen molar-refractivity contribution in [3.63, 3.8) is 0 Å². The summed E-state index contributed by atoms with van der Waals surface area (Å²) in [5.41, 5.74) is 1.11. The maximum absolute atomic E-state index is 12.2. The molecule has 3 nitrogen and oxygen atoms in total. The maximum Gasteiger partial charge on any atom is 0.241 e. The van der Waals surface area contributed by atoms with E-state index in [0.29, 0.717) is 5.92 Å². The van der Waals surface area contributed by atoms with Crippen LogP contribution in [0.15, 0.2) is 24.3 Å². The van der Waals surface area contributed by atoms with Crippen LogP contribution in [0.1, 0.15) is 31.5 Å². The van der Waals surface area contributed by atoms with Crippen molar-refractivity contribution in [2.24, 2.45) is 5.92 Å². The van der Waals surface area contributed by atoms with Gasteiger partial charge in [0.1, 0.15) is 6.17 Å². The minimum absolute atomic E-state index is 0.00497. The molecule has 0 spiro atoms. The van der Waals surface area contributed by atoms with Gasteiger partial charge < -0.3 is 4.90 Å². The van der Waals surface area contributed by atoms with Crippen LogP contribution in [-0.4, -0.2) is 23.4 Å². The zero-order valence-electron chi connectivity index (χ0n) is 10.4. The van der Waals surface area contributed by atoms with Gasteiger partial charge in [0.2, 0.25) is 5.91 Å². The largest absolute Gasteiger partial charge is 0.321 e. The fourth-order valence-electron chi connectivity index (χ4n) is 2.47. The van der Waals surface area contributed by atoms with E-state index in [2.05, 4.69) is 5.32 Å². The van der Waals surface area contributed by atoms with Crippen molar-refractivity contribution >= 4 is 17.5 Å². The van der Waals surface area contributed by atoms with Gasteiger partial charge in [-0.25, -0.2) is 0 Å². The van der Waals surface area contributed by atoms with Crippen LogP contribution in [-0.2, 0) is 4.79 Å². The number of carbonyl (C=O) groups is 1. The first kappa shape index (κ1) is 12.0. The molecule has 2 unspecified atom stereocenters. The molecule has 1 aliphatic carbocycles. The van der Waals surface area contributed by atoms with Crippen LogP contribution in [0.2, 0.25) is 5.02 Å². The highest BCUT2D eigenvalue weighted by Crippen LogP contribution is 2.34. The molecule has 96 valence electrons. The number of nitrogens with one attached hydrogen (secondary N) is 1. The van der Waals surface area contributed by atoms with Crippen LogP contribution < -0.4 is 5.32 Å². The molecule has 1 saturated carbocycles. The molecule has 1 aliphatic heterocycles. The smallest absolute Gasteiger partial charge is 0.241 e. The molecular weight excluding hydrogens is 248 g/mol. The lowest BCUT2D eigenvalue weighted by atomic mass is 10.1. The first-order valence-corrected chi connectivity index (χ1v) is 6.85. The highest BCUT2D eigenvalue weighted by atomic mass is 35.5. The summed E-state index contributed by atoms with van der Waals surface area (Å²) in [6.45, 7) is 2.81. The molecule has 1 N–H and O–H groups in total. The van der Waals surface area contributed by atoms with Gasteiger partial charge in [0.25, 0.3) is 0 Å². The van der Waals surface area contributed by atoms with Crippen molar-refractivity contribution in [2.75, 3.05) is 6.54 Å². The monoisotopic (exact) mass is 264 g/mol. The van der Waals surface area contributed by atoms with E-state index in [9.17, 15) is 4.79 Å². The zero-order valence-corrected chi connectivity index (χ0v) is 11.2. The number of hydrogen-bond acceptors (Lipinski definition) is 2. The Morgan fingerprint density at radius 1 is 1.33 bits per heavy atom. The van der Waals surface area contributed by atoms with Gasteiger partial charge >= 0.3 is 0 Å². The van der Waals surface area contributed by atoms with E-state index in [1.54, 1.807) is 0 Å². The molecule has 2 fully saturated rings. The molecule has 3 rings (SSSR count). The summed E-state index contributed by atoms with van der Waals surface area (Å²) >= 11 is 5.91. The Bertz CT molecular complexity index is 455. The number of halogens is 1. The second-order valence-corrected chi connectivity index (χ2v) is 5.71. The standard InChI is InChI=1S/C14H17ClN2O/c1-9-14(18)17(8-10-2-3-10)13(16-9)11-4-6-12(15)7-5-11/h4-7,9-10,13,16H,2-3,8H2,1H3. The van der Waals surface area contributed by atoms with Gasteiger partial charge in [-0.1, -0.05) is 23.7 Å². The quantitative estimate of drug-likeness (QED) is 0.910. The van der Waals surface area contributed by atoms with E-state index < -0.39 is 0 Å². The second-order valence-electron chi connectivity index (χ2n) is 5.28. The second kappa shape index (κ2) is 4.56. The summed E-state index contributed by atoms with van der Waals surface area (Å²) in [7, 11) is 0. The van der Waals surface area contributed by atoms with Crippen molar-refractivity contribution in [1.82, 2.24) is 10.2 Å². The molecule has 18 heavy (non-hydrogen) atoms. The molecule has 0 aromatic heterocycles. The van der Waals surface area contributed by atoms with Gasteiger partial charge in [-0.2, -0.15) is 0 Å². The highest BCUT2D eigenvalue weighted by molar-refractivity contribution is 6.30. The summed E-state index contributed by atoms with van der Waals surface area (Å²) in [6.07, 6.45) is 2.52. The van der Waals surface area contributed by atoms with Crippen LogP contribution in [0.5, 0.6) is 0 Å². The third-order valence-corrected chi connectivity index (χ3v) is 3.96. The van der Waals surface area contributed by atoms with Gasteiger partial charge in [-0.05, 0) is 43.4 Å². The van der Waals surface area contributed by atoms with Gasteiger partial charge in [0.05, 0.1) is 6.04 Å². The minimum Gasteiger partial charge on any atom is -0.321 e. The van der Waals surface area contributed by atoms with E-state index in [4.69, 9.17) is 11.6 Å². The molecule has 2 aliphatic rings. The van der Waals surface area contributed by atoms with Crippen molar-refractivity contribution in [2.45, 2.75) is 32.0 Å². The molecule has 0 radical (unpaired) electrons. The molecule has 1 saturated heterocycles. The molecule has 1 aromatic carbocycles. The number of hydrogen-bond donors (Lipinski definition) is 1. The SMILES string of the molecule is CC1NC(c2ccc(Cl)cc2)N(CC2CC2)C1=O. The molecule has 2 atom stereocenters. The number of benzene rings is 1. The summed E-state index contributed by atoms with van der Waals surface area (Å²) in [4.78, 5) is 14.1. The molecule has 1 amide bonds. The predicted octanol–water partition coefficient (Wildman–Crippen LogP) is 2.57. The highest BCUT2D eigenvalue weighted by Gasteiger charge is 2.39. The fraction of sp³-hybridized carbons (Fsp3) is 0.500. The Labute approximate surface area is 112 Å². The van der Waals surface area contributed by atoms with Crippen LogP contribution in [0.25, 0.3) is 0 Å². The predicted molar refractivity (Wildman–Crippen MR) is 71.2 cm³/mol. The lowest BCUT2D eigenvalue weighted by Crippen LogP contribution is -2.32. The Kier molecular flexibility index (Phi) is 3.04. The van der Waals surface area contributed by atoms with E-state index in [1.165, 1.54) is 12.8 Å². The Hall–Kier alpha value is -1.06. The number of amides is 1. The first-order chi connectivity index (χ1) is 8.65. The summed E-state index contributed by atoms with van der Waals surface area (Å²) in [5.74, 6) is 0.915. The number of carbonyl (C=O) groups excluding carboxylic acids is 1. The summed E-state index contributed by atoms with van der Waals surface area (Å²) < 4.78 is 0. The van der Waals surface area contributed by atoms with E-state index in [-0.39, 0.29) is 18.1 Å². The van der Waals surface area contributed by atoms with Crippen LogP contribution in [0.4, 0.5) is 0 Å². The van der Waals surface area contributed by atoms with Crippen LogP contribution in [0.3, 0.4) is 0 Å². The van der Waals surface area contributed by atoms with Crippen molar-refractivity contribution in [3.8, 4) is 0 Å². The molecule has 1 aromatic rings. The van der Waals surface area contributed by atoms with Gasteiger partial charge in [-0.15, -0.1) is 0 Å². The normalized spacial score (nSPS) is 27.9. The lowest BCUT2D eigenvalue weighted by molar-refractivity contribution is -0.130. The van der Waals surface area contributed by atoms with Crippen LogP contribution >= 0.6 is 11.6 Å². The number of rotatable bonds is 3. The topological polar surface area (TPSA) is 32.3 Å². The Morgan fingerprint density at radius 2 is 2.00 bits per heavy atom. The Morgan fingerprint density at radius 3 is 2.61 bits per heavy atom. The lowest BCUT2D eigenvalue weighted by Gasteiger charge is -2.24. The first-order valence-electron chi connectivity index (χ1n) is 6.47.